The van der Waals surface area contributed by atoms with Crippen LogP contribution in [-0.2, 0) is 33.0 Å². The van der Waals surface area contributed by atoms with Crippen LogP contribution < -0.4 is 15.2 Å². The van der Waals surface area contributed by atoms with Crippen LogP contribution in [0.5, 0.6) is 0 Å². The highest BCUT2D eigenvalue weighted by molar-refractivity contribution is 7.92. The number of aromatic nitrogens is 2. The molecule has 206 valence electrons. The number of hydrogen-bond acceptors (Lipinski definition) is 6. The molecule has 11 heteroatoms. The third-order valence-electron chi connectivity index (χ3n) is 6.96. The molecule has 0 fully saturated rings. The van der Waals surface area contributed by atoms with Gasteiger partial charge in [-0.15, -0.1) is 0 Å². The molecule has 0 saturated heterocycles. The van der Waals surface area contributed by atoms with E-state index in [-0.39, 0.29) is 16.1 Å². The molecule has 40 heavy (non-hydrogen) atoms. The Labute approximate surface area is 231 Å². The smallest absolute Gasteiger partial charge is 0.338 e. The number of nitrogens with one attached hydrogen (secondary N) is 1. The highest BCUT2D eigenvalue weighted by Gasteiger charge is 2.31. The molecule has 1 aliphatic rings. The molecular formula is C29H28N4O6S. The molecule has 4 aromatic rings. The Morgan fingerprint density at radius 2 is 1.68 bits per heavy atom. The van der Waals surface area contributed by atoms with Crippen LogP contribution in [0.1, 0.15) is 28.5 Å². The molecule has 5 rings (SSSR count). The van der Waals surface area contributed by atoms with Gasteiger partial charge in [0.15, 0.2) is 6.10 Å². The molecule has 1 aliphatic heterocycles. The normalized spacial score (nSPS) is 13.5. The summed E-state index contributed by atoms with van der Waals surface area (Å²) in [5.41, 5.74) is 2.31. The number of nitrogens with zero attached hydrogens (tertiary/aromatic N) is 3. The van der Waals surface area contributed by atoms with Gasteiger partial charge >= 0.3 is 5.97 Å². The van der Waals surface area contributed by atoms with Gasteiger partial charge in [-0.3, -0.25) is 18.6 Å². The third kappa shape index (κ3) is 4.79. The number of sulfonamides is 1. The van der Waals surface area contributed by atoms with Gasteiger partial charge in [-0.2, -0.15) is 0 Å². The third-order valence-corrected chi connectivity index (χ3v) is 8.77. The average molecular weight is 561 g/mol. The second-order valence-corrected chi connectivity index (χ2v) is 11.3. The molecule has 1 N–H and O–H groups in total. The standard InChI is InChI=1S/C29H28N4O6S/c1-19-26(28(35)33(31(19)3)23-12-5-4-6-13-23)30-27(34)20(2)39-29(36)22-11-9-14-24(18-22)40(37,38)32-17-16-21-10-7-8-15-25(21)32/h4-15,18,20H,16-17H2,1-3H3,(H,30,34). The lowest BCUT2D eigenvalue weighted by Gasteiger charge is -2.20. The molecule has 0 aliphatic carbocycles. The van der Waals surface area contributed by atoms with Crippen LogP contribution in [0.15, 0.2) is 88.6 Å². The number of benzene rings is 3. The van der Waals surface area contributed by atoms with Crippen molar-refractivity contribution in [3.05, 3.63) is 106 Å². The number of fused-ring (bicyclic) bond motifs is 1. The number of carbonyl (C=O) groups excluding carboxylic acids is 2. The minimum atomic E-state index is -3.92. The quantitative estimate of drug-likeness (QED) is 0.346. The van der Waals surface area contributed by atoms with Crippen molar-refractivity contribution in [1.29, 1.82) is 0 Å². The second kappa shape index (κ2) is 10.5. The number of hydrogen-bond donors (Lipinski definition) is 1. The summed E-state index contributed by atoms with van der Waals surface area (Å²) in [7, 11) is -2.22. The Bertz CT molecular complexity index is 1780. The van der Waals surface area contributed by atoms with Crippen LogP contribution in [-0.4, -0.2) is 42.3 Å². The van der Waals surface area contributed by atoms with Crippen LogP contribution in [0, 0.1) is 6.92 Å². The van der Waals surface area contributed by atoms with E-state index < -0.39 is 33.6 Å². The molecule has 3 aromatic carbocycles. The molecule has 2 heterocycles. The molecule has 0 radical (unpaired) electrons. The zero-order valence-electron chi connectivity index (χ0n) is 22.2. The summed E-state index contributed by atoms with van der Waals surface area (Å²) in [4.78, 5) is 38.8. The lowest BCUT2D eigenvalue weighted by atomic mass is 10.2. The van der Waals surface area contributed by atoms with Gasteiger partial charge in [0.25, 0.3) is 21.5 Å². The number of amides is 1. The van der Waals surface area contributed by atoms with Gasteiger partial charge in [0, 0.05) is 13.6 Å². The van der Waals surface area contributed by atoms with Crippen molar-refractivity contribution in [2.24, 2.45) is 7.05 Å². The van der Waals surface area contributed by atoms with E-state index in [1.165, 1.54) is 40.2 Å². The monoisotopic (exact) mass is 560 g/mol. The van der Waals surface area contributed by atoms with Crippen molar-refractivity contribution in [1.82, 2.24) is 9.36 Å². The highest BCUT2D eigenvalue weighted by atomic mass is 32.2. The van der Waals surface area contributed by atoms with Crippen LogP contribution in [0.4, 0.5) is 11.4 Å². The summed E-state index contributed by atoms with van der Waals surface area (Å²) in [5.74, 6) is -1.56. The number of ether oxygens (including phenoxy) is 1. The number of esters is 1. The van der Waals surface area contributed by atoms with E-state index in [0.29, 0.717) is 30.0 Å². The summed E-state index contributed by atoms with van der Waals surface area (Å²) in [6.07, 6.45) is -0.663. The van der Waals surface area contributed by atoms with Gasteiger partial charge < -0.3 is 10.1 Å². The largest absolute Gasteiger partial charge is 0.449 e. The summed E-state index contributed by atoms with van der Waals surface area (Å²) < 4.78 is 36.5. The Morgan fingerprint density at radius 1 is 0.975 bits per heavy atom. The zero-order chi connectivity index (χ0) is 28.6. The summed E-state index contributed by atoms with van der Waals surface area (Å²) in [5, 5.41) is 2.58. The minimum absolute atomic E-state index is 0.0180. The fraction of sp³-hybridized carbons (Fsp3) is 0.207. The van der Waals surface area contributed by atoms with Crippen molar-refractivity contribution < 1.29 is 22.7 Å². The summed E-state index contributed by atoms with van der Waals surface area (Å²) >= 11 is 0. The fourth-order valence-electron chi connectivity index (χ4n) is 4.69. The van der Waals surface area contributed by atoms with Crippen molar-refractivity contribution in [2.45, 2.75) is 31.3 Å². The molecule has 0 saturated carbocycles. The molecule has 0 bridgehead atoms. The fourth-order valence-corrected chi connectivity index (χ4v) is 6.24. The van der Waals surface area contributed by atoms with Gasteiger partial charge in [-0.25, -0.2) is 17.9 Å². The van der Waals surface area contributed by atoms with Gasteiger partial charge in [0.2, 0.25) is 0 Å². The van der Waals surface area contributed by atoms with Gasteiger partial charge in [-0.1, -0.05) is 42.5 Å². The molecule has 1 aromatic heterocycles. The van der Waals surface area contributed by atoms with Crippen molar-refractivity contribution in [2.75, 3.05) is 16.2 Å². The van der Waals surface area contributed by atoms with E-state index in [1.54, 1.807) is 55.1 Å². The van der Waals surface area contributed by atoms with E-state index >= 15 is 0 Å². The van der Waals surface area contributed by atoms with Crippen LogP contribution >= 0.6 is 0 Å². The van der Waals surface area contributed by atoms with E-state index in [9.17, 15) is 22.8 Å². The van der Waals surface area contributed by atoms with Gasteiger partial charge in [0.1, 0.15) is 5.69 Å². The maximum atomic E-state index is 13.4. The van der Waals surface area contributed by atoms with E-state index in [0.717, 1.165) is 5.56 Å². The Balaban J connectivity index is 1.31. The van der Waals surface area contributed by atoms with Crippen LogP contribution in [0.3, 0.4) is 0 Å². The number of rotatable bonds is 7. The number of para-hydroxylation sites is 2. The first kappa shape index (κ1) is 26.9. The summed E-state index contributed by atoms with van der Waals surface area (Å²) in [6.45, 7) is 3.37. The number of anilines is 2. The van der Waals surface area contributed by atoms with E-state index in [4.69, 9.17) is 4.74 Å². The SMILES string of the molecule is Cc1c(NC(=O)C(C)OC(=O)c2cccc(S(=O)(=O)N3CCc4ccccc43)c2)c(=O)n(-c2ccccc2)n1C. The lowest BCUT2D eigenvalue weighted by Crippen LogP contribution is -2.32. The Hall–Kier alpha value is -4.64. The van der Waals surface area contributed by atoms with E-state index in [2.05, 4.69) is 5.32 Å². The summed E-state index contributed by atoms with van der Waals surface area (Å²) in [6, 6.07) is 21.8. The predicted octanol–water partition coefficient (Wildman–Crippen LogP) is 3.42. The topological polar surface area (TPSA) is 120 Å². The highest BCUT2D eigenvalue weighted by Crippen LogP contribution is 2.32. The molecule has 1 atom stereocenters. The second-order valence-electron chi connectivity index (χ2n) is 9.46. The Kier molecular flexibility index (Phi) is 7.07. The zero-order valence-corrected chi connectivity index (χ0v) is 23.0. The first-order chi connectivity index (χ1) is 19.1. The van der Waals surface area contributed by atoms with E-state index in [1.807, 2.05) is 18.2 Å². The molecule has 0 spiro atoms. The molecule has 1 unspecified atom stereocenters. The Morgan fingerprint density at radius 3 is 2.42 bits per heavy atom. The van der Waals surface area contributed by atoms with Crippen molar-refractivity contribution in [3.8, 4) is 5.69 Å². The maximum absolute atomic E-state index is 13.4. The first-order valence-corrected chi connectivity index (χ1v) is 14.1. The first-order valence-electron chi connectivity index (χ1n) is 12.7. The maximum Gasteiger partial charge on any atom is 0.338 e. The van der Waals surface area contributed by atoms with Gasteiger partial charge in [-0.05, 0) is 62.2 Å². The molecule has 1 amide bonds. The number of carbonyl (C=O) groups is 2. The van der Waals surface area contributed by atoms with Crippen LogP contribution in [0.25, 0.3) is 5.69 Å². The van der Waals surface area contributed by atoms with Crippen molar-refractivity contribution >= 4 is 33.3 Å². The van der Waals surface area contributed by atoms with Gasteiger partial charge in [0.05, 0.1) is 27.5 Å². The minimum Gasteiger partial charge on any atom is -0.449 e. The average Bonchev–Trinajstić information content (AvgIpc) is 3.49. The van der Waals surface area contributed by atoms with Crippen molar-refractivity contribution in [3.63, 3.8) is 0 Å². The van der Waals surface area contributed by atoms with Crippen LogP contribution in [0.2, 0.25) is 0 Å². The predicted molar refractivity (Wildman–Crippen MR) is 150 cm³/mol. The molecular weight excluding hydrogens is 532 g/mol. The lowest BCUT2D eigenvalue weighted by molar-refractivity contribution is -0.123. The molecule has 10 nitrogen and oxygen atoms in total.